The van der Waals surface area contributed by atoms with Gasteiger partial charge in [0.1, 0.15) is 11.2 Å². The van der Waals surface area contributed by atoms with Gasteiger partial charge in [0.15, 0.2) is 5.82 Å². The molecule has 5 heteroatoms. The Kier molecular flexibility index (Phi) is 6.96. The number of thiophene rings is 1. The summed E-state index contributed by atoms with van der Waals surface area (Å²) in [7, 11) is 0. The molecule has 0 unspecified atom stereocenters. The molecule has 0 fully saturated rings. The fraction of sp³-hybridized carbons (Fsp3) is 0. The van der Waals surface area contributed by atoms with E-state index in [1.807, 2.05) is 59.9 Å². The first-order valence-electron chi connectivity index (χ1n) is 17.0. The highest BCUT2D eigenvalue weighted by Crippen LogP contribution is 2.46. The molecule has 0 atom stereocenters. The molecule has 0 aliphatic rings. The van der Waals surface area contributed by atoms with Gasteiger partial charge in [-0.1, -0.05) is 115 Å². The Morgan fingerprint density at radius 3 is 1.76 bits per heavy atom. The van der Waals surface area contributed by atoms with E-state index in [4.69, 9.17) is 14.4 Å². The van der Waals surface area contributed by atoms with Gasteiger partial charge in [0.05, 0.1) is 22.5 Å². The standard InChI is InChI=1S/C46H29N3OS/c1-4-14-30(15-5-1)38-29-39(31-16-6-2-7-17-31)48-46(47-38)32-26-40(45-36-21-10-12-22-41(36)50-42(45)27-32)49(33-18-8-3-9-19-33)34-24-25-44-37(28-34)35-20-11-13-23-43(35)51-44/h1-29H. The summed E-state index contributed by atoms with van der Waals surface area (Å²) in [4.78, 5) is 12.8. The SMILES string of the molecule is c1ccc(-c2cc(-c3ccccc3)nc(-c3cc(N(c4ccccc4)c4ccc5sc6ccccc6c5c4)c4c(c3)oc3ccccc34)n2)cc1. The molecule has 240 valence electrons. The molecule has 0 amide bonds. The summed E-state index contributed by atoms with van der Waals surface area (Å²) in [5.41, 5.74) is 9.37. The van der Waals surface area contributed by atoms with Gasteiger partial charge in [-0.05, 0) is 60.7 Å². The van der Waals surface area contributed by atoms with Gasteiger partial charge in [0.2, 0.25) is 0 Å². The van der Waals surface area contributed by atoms with E-state index in [1.165, 1.54) is 20.2 Å². The van der Waals surface area contributed by atoms with Crippen LogP contribution in [0.5, 0.6) is 0 Å². The molecule has 0 radical (unpaired) electrons. The minimum atomic E-state index is 0.631. The van der Waals surface area contributed by atoms with Gasteiger partial charge in [-0.15, -0.1) is 11.3 Å². The Morgan fingerprint density at radius 1 is 0.431 bits per heavy atom. The van der Waals surface area contributed by atoms with Gasteiger partial charge in [-0.25, -0.2) is 9.97 Å². The molecule has 0 spiro atoms. The van der Waals surface area contributed by atoms with Crippen LogP contribution >= 0.6 is 11.3 Å². The third-order valence-corrected chi connectivity index (χ3v) is 10.6. The number of anilines is 3. The van der Waals surface area contributed by atoms with Crippen molar-refractivity contribution in [2.45, 2.75) is 0 Å². The molecular formula is C46H29N3OS. The van der Waals surface area contributed by atoms with Crippen LogP contribution in [0.15, 0.2) is 180 Å². The van der Waals surface area contributed by atoms with Gasteiger partial charge >= 0.3 is 0 Å². The van der Waals surface area contributed by atoms with E-state index in [9.17, 15) is 0 Å². The van der Waals surface area contributed by atoms with Crippen LogP contribution in [0.4, 0.5) is 17.1 Å². The molecule has 3 heterocycles. The zero-order chi connectivity index (χ0) is 33.7. The molecule has 0 saturated carbocycles. The normalized spacial score (nSPS) is 11.5. The predicted octanol–water partition coefficient (Wildman–Crippen LogP) is 13.2. The van der Waals surface area contributed by atoms with E-state index < -0.39 is 0 Å². The second kappa shape index (κ2) is 12.1. The first kappa shape index (κ1) is 29.4. The van der Waals surface area contributed by atoms with Crippen molar-refractivity contribution >= 4 is 70.5 Å². The molecule has 0 bridgehead atoms. The molecule has 7 aromatic carbocycles. The highest BCUT2D eigenvalue weighted by atomic mass is 32.1. The molecule has 3 aromatic heterocycles. The Morgan fingerprint density at radius 2 is 1.04 bits per heavy atom. The molecule has 4 nitrogen and oxygen atoms in total. The van der Waals surface area contributed by atoms with Crippen LogP contribution in [-0.2, 0) is 0 Å². The summed E-state index contributed by atoms with van der Waals surface area (Å²) >= 11 is 1.83. The number of fused-ring (bicyclic) bond motifs is 6. The Hall–Kier alpha value is -6.56. The largest absolute Gasteiger partial charge is 0.456 e. The van der Waals surface area contributed by atoms with E-state index in [-0.39, 0.29) is 0 Å². The lowest BCUT2D eigenvalue weighted by atomic mass is 10.0. The Balaban J connectivity index is 1.27. The van der Waals surface area contributed by atoms with Crippen molar-refractivity contribution in [1.82, 2.24) is 9.97 Å². The molecule has 51 heavy (non-hydrogen) atoms. The lowest BCUT2D eigenvalue weighted by Gasteiger charge is -2.27. The quantitative estimate of drug-likeness (QED) is 0.176. The first-order chi connectivity index (χ1) is 25.3. The van der Waals surface area contributed by atoms with Crippen molar-refractivity contribution in [3.8, 4) is 33.9 Å². The van der Waals surface area contributed by atoms with Gasteiger partial charge in [-0.3, -0.25) is 0 Å². The molecular weight excluding hydrogens is 643 g/mol. The van der Waals surface area contributed by atoms with Crippen LogP contribution in [0.2, 0.25) is 0 Å². The maximum absolute atomic E-state index is 6.64. The van der Waals surface area contributed by atoms with E-state index in [0.29, 0.717) is 5.82 Å². The number of aromatic nitrogens is 2. The lowest BCUT2D eigenvalue weighted by Crippen LogP contribution is -2.10. The summed E-state index contributed by atoms with van der Waals surface area (Å²) in [6, 6.07) is 61.3. The monoisotopic (exact) mass is 671 g/mol. The van der Waals surface area contributed by atoms with Crippen LogP contribution in [0.3, 0.4) is 0 Å². The average molecular weight is 672 g/mol. The predicted molar refractivity (Wildman–Crippen MR) is 213 cm³/mol. The molecule has 0 aliphatic heterocycles. The number of hydrogen-bond acceptors (Lipinski definition) is 5. The number of rotatable bonds is 6. The van der Waals surface area contributed by atoms with E-state index in [0.717, 1.165) is 67.1 Å². The first-order valence-corrected chi connectivity index (χ1v) is 17.8. The van der Waals surface area contributed by atoms with Crippen LogP contribution in [0.25, 0.3) is 76.0 Å². The van der Waals surface area contributed by atoms with Crippen molar-refractivity contribution in [3.63, 3.8) is 0 Å². The molecule has 10 aromatic rings. The van der Waals surface area contributed by atoms with Crippen molar-refractivity contribution in [3.05, 3.63) is 176 Å². The smallest absolute Gasteiger partial charge is 0.160 e. The summed E-state index contributed by atoms with van der Waals surface area (Å²) in [5, 5.41) is 4.60. The van der Waals surface area contributed by atoms with Crippen LogP contribution < -0.4 is 4.90 Å². The Bertz CT molecular complexity index is 2800. The highest BCUT2D eigenvalue weighted by Gasteiger charge is 2.23. The second-order valence-electron chi connectivity index (χ2n) is 12.6. The van der Waals surface area contributed by atoms with Gasteiger partial charge in [-0.2, -0.15) is 0 Å². The number of hydrogen-bond donors (Lipinski definition) is 0. The van der Waals surface area contributed by atoms with Crippen molar-refractivity contribution < 1.29 is 4.42 Å². The summed E-state index contributed by atoms with van der Waals surface area (Å²) < 4.78 is 9.19. The third kappa shape index (κ3) is 5.14. The summed E-state index contributed by atoms with van der Waals surface area (Å²) in [6.45, 7) is 0. The van der Waals surface area contributed by atoms with Crippen molar-refractivity contribution in [1.29, 1.82) is 0 Å². The molecule has 0 aliphatic carbocycles. The molecule has 10 rings (SSSR count). The van der Waals surface area contributed by atoms with Crippen LogP contribution in [0, 0.1) is 0 Å². The molecule has 0 saturated heterocycles. The minimum absolute atomic E-state index is 0.631. The number of benzene rings is 7. The lowest BCUT2D eigenvalue weighted by molar-refractivity contribution is 0.669. The molecule has 0 N–H and O–H groups in total. The summed E-state index contributed by atoms with van der Waals surface area (Å²) in [6.07, 6.45) is 0. The third-order valence-electron chi connectivity index (χ3n) is 9.45. The van der Waals surface area contributed by atoms with Gasteiger partial charge in [0.25, 0.3) is 0 Å². The van der Waals surface area contributed by atoms with E-state index in [2.05, 4.69) is 132 Å². The summed E-state index contributed by atoms with van der Waals surface area (Å²) in [5.74, 6) is 0.631. The number of para-hydroxylation sites is 2. The average Bonchev–Trinajstić information content (AvgIpc) is 3.77. The second-order valence-corrected chi connectivity index (χ2v) is 13.7. The Labute approximate surface area is 298 Å². The van der Waals surface area contributed by atoms with Gasteiger partial charge in [0, 0.05) is 53.6 Å². The van der Waals surface area contributed by atoms with Crippen molar-refractivity contribution in [2.24, 2.45) is 0 Å². The zero-order valence-electron chi connectivity index (χ0n) is 27.4. The zero-order valence-corrected chi connectivity index (χ0v) is 28.2. The van der Waals surface area contributed by atoms with E-state index in [1.54, 1.807) is 0 Å². The van der Waals surface area contributed by atoms with E-state index >= 15 is 0 Å². The fourth-order valence-electron chi connectivity index (χ4n) is 7.09. The maximum atomic E-state index is 6.64. The van der Waals surface area contributed by atoms with Crippen LogP contribution in [0.1, 0.15) is 0 Å². The topological polar surface area (TPSA) is 42.2 Å². The van der Waals surface area contributed by atoms with Gasteiger partial charge < -0.3 is 9.32 Å². The highest BCUT2D eigenvalue weighted by molar-refractivity contribution is 7.25. The number of furan rings is 1. The number of nitrogens with zero attached hydrogens (tertiary/aromatic N) is 3. The maximum Gasteiger partial charge on any atom is 0.160 e. The van der Waals surface area contributed by atoms with Crippen molar-refractivity contribution in [2.75, 3.05) is 4.90 Å². The fourth-order valence-corrected chi connectivity index (χ4v) is 8.17. The minimum Gasteiger partial charge on any atom is -0.456 e. The van der Waals surface area contributed by atoms with Crippen LogP contribution in [-0.4, -0.2) is 9.97 Å².